The van der Waals surface area contributed by atoms with E-state index in [1.165, 1.54) is 0 Å². The quantitative estimate of drug-likeness (QED) is 0.627. The number of ether oxygens (including phenoxy) is 1. The van der Waals surface area contributed by atoms with Crippen LogP contribution in [-0.2, 0) is 0 Å². The van der Waals surface area contributed by atoms with Crippen molar-refractivity contribution in [1.29, 1.82) is 0 Å². The van der Waals surface area contributed by atoms with E-state index in [2.05, 4.69) is 17.3 Å². The molecule has 2 aromatic rings. The van der Waals surface area contributed by atoms with Crippen LogP contribution in [0, 0.1) is 0 Å². The van der Waals surface area contributed by atoms with Gasteiger partial charge in [-0.05, 0) is 41.8 Å². The topological polar surface area (TPSA) is 60.2 Å². The minimum Gasteiger partial charge on any atom is -0.492 e. The highest BCUT2D eigenvalue weighted by Gasteiger charge is 2.15. The molecule has 3 N–H and O–H groups in total. The predicted molar refractivity (Wildman–Crippen MR) is 85.7 cm³/mol. The Morgan fingerprint density at radius 1 is 1.14 bits per heavy atom. The van der Waals surface area contributed by atoms with Crippen LogP contribution in [-0.4, -0.2) is 11.6 Å². The van der Waals surface area contributed by atoms with E-state index in [0.717, 1.165) is 17.5 Å². The number of nitrogens with two attached hydrogens (primary N) is 1. The van der Waals surface area contributed by atoms with Gasteiger partial charge in [0.2, 0.25) is 0 Å². The van der Waals surface area contributed by atoms with Crippen LogP contribution in [0.4, 0.5) is 0 Å². The molecule has 0 bridgehead atoms. The molecule has 0 aliphatic carbocycles. The Morgan fingerprint density at radius 3 is 2.48 bits per heavy atom. The molecule has 21 heavy (non-hydrogen) atoms. The molecule has 0 saturated carbocycles. The molecule has 0 spiro atoms. The summed E-state index contributed by atoms with van der Waals surface area (Å²) >= 11 is 12.1. The molecule has 0 fully saturated rings. The molecule has 2 rings (SSSR count). The lowest BCUT2D eigenvalue weighted by atomic mass is 10.0. The third kappa shape index (κ3) is 4.32. The largest absolute Gasteiger partial charge is 0.492 e. The molecule has 1 heterocycles. The van der Waals surface area contributed by atoms with Crippen LogP contribution in [0.3, 0.4) is 0 Å². The Kier molecular flexibility index (Phi) is 5.82. The number of nitrogens with one attached hydrogen (secondary N) is 1. The minimum absolute atomic E-state index is 0.265. The standard InChI is InChI=1S/C15H17Cl2N3O/c1-2-3-21-14-6-11(8-19-9-14)15(20-18)10-4-12(16)7-13(17)5-10/h4-9,15,20H,2-3,18H2,1H3. The van der Waals surface area contributed by atoms with Crippen LogP contribution in [0.1, 0.15) is 30.5 Å². The zero-order valence-electron chi connectivity index (χ0n) is 11.6. The van der Waals surface area contributed by atoms with Gasteiger partial charge in [0.05, 0.1) is 18.8 Å². The smallest absolute Gasteiger partial charge is 0.137 e. The summed E-state index contributed by atoms with van der Waals surface area (Å²) in [4.78, 5) is 4.19. The predicted octanol–water partition coefficient (Wildman–Crippen LogP) is 3.73. The summed E-state index contributed by atoms with van der Waals surface area (Å²) in [5.41, 5.74) is 4.50. The van der Waals surface area contributed by atoms with E-state index in [4.69, 9.17) is 33.8 Å². The van der Waals surface area contributed by atoms with Crippen LogP contribution >= 0.6 is 23.2 Å². The third-order valence-electron chi connectivity index (χ3n) is 2.93. The van der Waals surface area contributed by atoms with Gasteiger partial charge in [-0.15, -0.1) is 0 Å². The van der Waals surface area contributed by atoms with Crippen molar-refractivity contribution in [2.45, 2.75) is 19.4 Å². The first-order valence-electron chi connectivity index (χ1n) is 6.64. The molecule has 112 valence electrons. The van der Waals surface area contributed by atoms with Crippen LogP contribution in [0.25, 0.3) is 0 Å². The normalized spacial score (nSPS) is 12.2. The van der Waals surface area contributed by atoms with Gasteiger partial charge >= 0.3 is 0 Å². The van der Waals surface area contributed by atoms with E-state index in [1.807, 2.05) is 18.2 Å². The molecule has 4 nitrogen and oxygen atoms in total. The Bertz CT molecular complexity index is 587. The fourth-order valence-electron chi connectivity index (χ4n) is 2.02. The first-order valence-corrected chi connectivity index (χ1v) is 7.39. The van der Waals surface area contributed by atoms with E-state index in [1.54, 1.807) is 18.5 Å². The summed E-state index contributed by atoms with van der Waals surface area (Å²) in [5.74, 6) is 6.39. The van der Waals surface area contributed by atoms with Crippen LogP contribution in [0.2, 0.25) is 10.0 Å². The molecular formula is C15H17Cl2N3O. The molecule has 0 aliphatic heterocycles. The molecule has 1 aromatic carbocycles. The van der Waals surface area contributed by atoms with Gasteiger partial charge in [-0.3, -0.25) is 10.8 Å². The van der Waals surface area contributed by atoms with Crippen molar-refractivity contribution < 1.29 is 4.74 Å². The number of benzene rings is 1. The molecule has 0 saturated heterocycles. The molecule has 1 unspecified atom stereocenters. The monoisotopic (exact) mass is 325 g/mol. The van der Waals surface area contributed by atoms with Gasteiger partial charge < -0.3 is 4.74 Å². The Hall–Kier alpha value is -1.33. The lowest BCUT2D eigenvalue weighted by Gasteiger charge is -2.18. The number of halogens is 2. The van der Waals surface area contributed by atoms with Crippen molar-refractivity contribution in [2.75, 3.05) is 6.61 Å². The molecule has 6 heteroatoms. The third-order valence-corrected chi connectivity index (χ3v) is 3.36. The lowest BCUT2D eigenvalue weighted by Crippen LogP contribution is -2.29. The number of rotatable bonds is 6. The average Bonchev–Trinajstić information content (AvgIpc) is 2.45. The van der Waals surface area contributed by atoms with Crippen molar-refractivity contribution in [3.05, 3.63) is 57.8 Å². The first kappa shape index (κ1) is 16.0. The average molecular weight is 326 g/mol. The number of nitrogens with zero attached hydrogens (tertiary/aromatic N) is 1. The van der Waals surface area contributed by atoms with Gasteiger partial charge in [-0.2, -0.15) is 0 Å². The second kappa shape index (κ2) is 7.61. The molecule has 0 radical (unpaired) electrons. The van der Waals surface area contributed by atoms with Crippen molar-refractivity contribution in [3.8, 4) is 5.75 Å². The molecule has 0 amide bonds. The highest BCUT2D eigenvalue weighted by Crippen LogP contribution is 2.28. The maximum absolute atomic E-state index is 6.05. The Labute approximate surface area is 134 Å². The summed E-state index contributed by atoms with van der Waals surface area (Å²) in [7, 11) is 0. The Morgan fingerprint density at radius 2 is 1.86 bits per heavy atom. The molecule has 0 aliphatic rings. The van der Waals surface area contributed by atoms with Crippen molar-refractivity contribution >= 4 is 23.2 Å². The van der Waals surface area contributed by atoms with Gasteiger partial charge in [0.15, 0.2) is 0 Å². The van der Waals surface area contributed by atoms with Crippen molar-refractivity contribution in [1.82, 2.24) is 10.4 Å². The summed E-state index contributed by atoms with van der Waals surface area (Å²) in [6, 6.07) is 6.95. The highest BCUT2D eigenvalue weighted by atomic mass is 35.5. The molecule has 1 atom stereocenters. The van der Waals surface area contributed by atoms with Crippen molar-refractivity contribution in [3.63, 3.8) is 0 Å². The van der Waals surface area contributed by atoms with E-state index in [9.17, 15) is 0 Å². The maximum atomic E-state index is 6.05. The zero-order valence-corrected chi connectivity index (χ0v) is 13.2. The minimum atomic E-state index is -0.265. The zero-order chi connectivity index (χ0) is 15.2. The highest BCUT2D eigenvalue weighted by molar-refractivity contribution is 6.34. The summed E-state index contributed by atoms with van der Waals surface area (Å²) < 4.78 is 5.59. The fraction of sp³-hybridized carbons (Fsp3) is 0.267. The van der Waals surface area contributed by atoms with E-state index >= 15 is 0 Å². The van der Waals surface area contributed by atoms with Gasteiger partial charge in [0.1, 0.15) is 5.75 Å². The molecule has 1 aromatic heterocycles. The van der Waals surface area contributed by atoms with Crippen LogP contribution in [0.5, 0.6) is 5.75 Å². The fourth-order valence-corrected chi connectivity index (χ4v) is 2.56. The summed E-state index contributed by atoms with van der Waals surface area (Å²) in [6.45, 7) is 2.70. The van der Waals surface area contributed by atoms with Crippen LogP contribution in [0.15, 0.2) is 36.7 Å². The first-order chi connectivity index (χ1) is 10.1. The van der Waals surface area contributed by atoms with Gasteiger partial charge in [-0.25, -0.2) is 5.43 Å². The van der Waals surface area contributed by atoms with Crippen LogP contribution < -0.4 is 16.0 Å². The number of aromatic nitrogens is 1. The van der Waals surface area contributed by atoms with E-state index in [0.29, 0.717) is 22.4 Å². The van der Waals surface area contributed by atoms with E-state index < -0.39 is 0 Å². The van der Waals surface area contributed by atoms with Gasteiger partial charge in [0.25, 0.3) is 0 Å². The number of hydrogen-bond donors (Lipinski definition) is 2. The summed E-state index contributed by atoms with van der Waals surface area (Å²) in [6.07, 6.45) is 4.35. The number of pyridine rings is 1. The number of hydrogen-bond acceptors (Lipinski definition) is 4. The van der Waals surface area contributed by atoms with E-state index in [-0.39, 0.29) is 6.04 Å². The Balaban J connectivity index is 2.32. The van der Waals surface area contributed by atoms with Gasteiger partial charge in [0, 0.05) is 16.2 Å². The SMILES string of the molecule is CCCOc1cncc(C(NN)c2cc(Cl)cc(Cl)c2)c1. The van der Waals surface area contributed by atoms with Crippen molar-refractivity contribution in [2.24, 2.45) is 5.84 Å². The second-order valence-electron chi connectivity index (χ2n) is 4.60. The van der Waals surface area contributed by atoms with Gasteiger partial charge in [-0.1, -0.05) is 30.1 Å². The number of hydrazine groups is 1. The lowest BCUT2D eigenvalue weighted by molar-refractivity contribution is 0.315. The maximum Gasteiger partial charge on any atom is 0.137 e. The molecular weight excluding hydrogens is 309 g/mol. The second-order valence-corrected chi connectivity index (χ2v) is 5.48. The summed E-state index contributed by atoms with van der Waals surface area (Å²) in [5, 5.41) is 1.12.